The highest BCUT2D eigenvalue weighted by molar-refractivity contribution is 9.10. The zero-order valence-corrected chi connectivity index (χ0v) is 16.0. The summed E-state index contributed by atoms with van der Waals surface area (Å²) in [5, 5.41) is 6.43. The number of carbonyl (C=O) groups is 1. The van der Waals surface area contributed by atoms with Crippen molar-refractivity contribution in [1.82, 2.24) is 10.6 Å². The van der Waals surface area contributed by atoms with Crippen LogP contribution in [0.4, 0.5) is 0 Å². The molecule has 23 heavy (non-hydrogen) atoms. The molecule has 1 aliphatic rings. The number of ether oxygens (including phenoxy) is 1. The summed E-state index contributed by atoms with van der Waals surface area (Å²) in [7, 11) is 0. The van der Waals surface area contributed by atoms with E-state index in [1.165, 1.54) is 0 Å². The van der Waals surface area contributed by atoms with Gasteiger partial charge in [-0.25, -0.2) is 0 Å². The third-order valence-corrected chi connectivity index (χ3v) is 4.63. The lowest BCUT2D eigenvalue weighted by atomic mass is 9.81. The van der Waals surface area contributed by atoms with Crippen molar-refractivity contribution >= 4 is 34.2 Å². The van der Waals surface area contributed by atoms with Gasteiger partial charge in [0.05, 0.1) is 6.61 Å². The molecule has 0 atom stereocenters. The predicted octanol–water partition coefficient (Wildman–Crippen LogP) is 3.54. The fourth-order valence-corrected chi connectivity index (χ4v) is 2.97. The second kappa shape index (κ2) is 10.2. The average Bonchev–Trinajstić information content (AvgIpc) is 2.51. The molecule has 2 N–H and O–H groups in total. The summed E-state index contributed by atoms with van der Waals surface area (Å²) in [4.78, 5) is 11.9. The minimum atomic E-state index is 0. The lowest BCUT2D eigenvalue weighted by Crippen LogP contribution is -2.42. The third kappa shape index (κ3) is 7.55. The van der Waals surface area contributed by atoms with Gasteiger partial charge in [0, 0.05) is 17.4 Å². The van der Waals surface area contributed by atoms with Gasteiger partial charge in [-0.15, -0.1) is 12.4 Å². The van der Waals surface area contributed by atoms with Crippen molar-refractivity contribution in [2.24, 2.45) is 5.41 Å². The van der Waals surface area contributed by atoms with E-state index < -0.39 is 0 Å². The van der Waals surface area contributed by atoms with Crippen LogP contribution in [-0.4, -0.2) is 32.1 Å². The van der Waals surface area contributed by atoms with Gasteiger partial charge in [0.2, 0.25) is 5.91 Å². The number of rotatable bonds is 7. The Hall–Kier alpha value is -0.780. The number of hydrogen-bond donors (Lipinski definition) is 2. The van der Waals surface area contributed by atoms with Crippen LogP contribution in [0.15, 0.2) is 28.7 Å². The third-order valence-electron chi connectivity index (χ3n) is 4.14. The van der Waals surface area contributed by atoms with Crippen LogP contribution in [0.3, 0.4) is 0 Å². The Morgan fingerprint density at radius 3 is 2.83 bits per heavy atom. The predicted molar refractivity (Wildman–Crippen MR) is 99.3 cm³/mol. The molecule has 0 aliphatic carbocycles. The lowest BCUT2D eigenvalue weighted by Gasteiger charge is -2.34. The molecule has 0 saturated carbocycles. The van der Waals surface area contributed by atoms with Crippen LogP contribution >= 0.6 is 28.3 Å². The fourth-order valence-electron chi connectivity index (χ4n) is 2.59. The highest BCUT2D eigenvalue weighted by Gasteiger charge is 2.26. The standard InChI is InChI=1S/C17H25BrN2O2.ClH/c1-17(7-9-19-10-8-17)13-20-16(21)6-3-11-22-15-5-2-4-14(18)12-15;/h2,4-5,12,19H,3,6-11,13H2,1H3,(H,20,21);1H. The molecule has 2 rings (SSSR count). The van der Waals surface area contributed by atoms with Crippen LogP contribution in [0.25, 0.3) is 0 Å². The van der Waals surface area contributed by atoms with E-state index in [-0.39, 0.29) is 23.7 Å². The Balaban J connectivity index is 0.00000264. The van der Waals surface area contributed by atoms with Crippen LogP contribution < -0.4 is 15.4 Å². The molecule has 130 valence electrons. The van der Waals surface area contributed by atoms with Crippen molar-refractivity contribution in [3.05, 3.63) is 28.7 Å². The van der Waals surface area contributed by atoms with Gasteiger partial charge in [-0.05, 0) is 56.0 Å². The maximum Gasteiger partial charge on any atom is 0.220 e. The number of piperidine rings is 1. The second-order valence-electron chi connectivity index (χ2n) is 6.25. The monoisotopic (exact) mass is 404 g/mol. The Bertz CT molecular complexity index is 493. The maximum absolute atomic E-state index is 11.9. The zero-order chi connectivity index (χ0) is 15.8. The van der Waals surface area contributed by atoms with Crippen molar-refractivity contribution in [2.75, 3.05) is 26.2 Å². The number of hydrogen-bond acceptors (Lipinski definition) is 3. The van der Waals surface area contributed by atoms with Crippen molar-refractivity contribution < 1.29 is 9.53 Å². The van der Waals surface area contributed by atoms with E-state index in [2.05, 4.69) is 33.5 Å². The SMILES string of the molecule is CC1(CNC(=O)CCCOc2cccc(Br)c2)CCNCC1.Cl. The molecule has 1 fully saturated rings. The normalized spacial score (nSPS) is 16.3. The molecule has 1 saturated heterocycles. The van der Waals surface area contributed by atoms with Crippen molar-refractivity contribution in [3.8, 4) is 5.75 Å². The maximum atomic E-state index is 11.9. The molecule has 1 aromatic carbocycles. The first-order chi connectivity index (χ1) is 10.6. The summed E-state index contributed by atoms with van der Waals surface area (Å²) >= 11 is 3.41. The first kappa shape index (κ1) is 20.3. The van der Waals surface area contributed by atoms with Crippen molar-refractivity contribution in [2.45, 2.75) is 32.6 Å². The molecule has 1 aromatic rings. The van der Waals surface area contributed by atoms with E-state index in [9.17, 15) is 4.79 Å². The van der Waals surface area contributed by atoms with Crippen LogP contribution in [0.5, 0.6) is 5.75 Å². The van der Waals surface area contributed by atoms with Crippen LogP contribution in [-0.2, 0) is 4.79 Å². The summed E-state index contributed by atoms with van der Waals surface area (Å²) in [6.45, 7) is 5.69. The first-order valence-electron chi connectivity index (χ1n) is 7.93. The van der Waals surface area contributed by atoms with Gasteiger partial charge in [0.25, 0.3) is 0 Å². The van der Waals surface area contributed by atoms with Crippen LogP contribution in [0.2, 0.25) is 0 Å². The van der Waals surface area contributed by atoms with E-state index in [0.717, 1.165) is 49.1 Å². The summed E-state index contributed by atoms with van der Waals surface area (Å²) in [5.41, 5.74) is 0.244. The number of nitrogens with one attached hydrogen (secondary N) is 2. The van der Waals surface area contributed by atoms with Gasteiger partial charge in [-0.1, -0.05) is 28.9 Å². The topological polar surface area (TPSA) is 50.4 Å². The molecule has 6 heteroatoms. The molecule has 1 amide bonds. The molecule has 4 nitrogen and oxygen atoms in total. The smallest absolute Gasteiger partial charge is 0.220 e. The molecule has 1 aliphatic heterocycles. The number of benzene rings is 1. The average molecular weight is 406 g/mol. The minimum Gasteiger partial charge on any atom is -0.494 e. The molecule has 0 spiro atoms. The van der Waals surface area contributed by atoms with E-state index in [1.54, 1.807) is 0 Å². The molecule has 0 bridgehead atoms. The molecule has 0 aromatic heterocycles. The number of halogens is 2. The molecule has 1 heterocycles. The van der Waals surface area contributed by atoms with Gasteiger partial charge in [0.15, 0.2) is 0 Å². The van der Waals surface area contributed by atoms with Gasteiger partial charge in [0.1, 0.15) is 5.75 Å². The zero-order valence-electron chi connectivity index (χ0n) is 13.6. The molecule has 0 unspecified atom stereocenters. The highest BCUT2D eigenvalue weighted by Crippen LogP contribution is 2.26. The van der Waals surface area contributed by atoms with Gasteiger partial charge in [-0.2, -0.15) is 0 Å². The summed E-state index contributed by atoms with van der Waals surface area (Å²) < 4.78 is 6.63. The van der Waals surface area contributed by atoms with Crippen molar-refractivity contribution in [1.29, 1.82) is 0 Å². The Kier molecular flexibility index (Phi) is 8.95. The summed E-state index contributed by atoms with van der Waals surface area (Å²) in [6.07, 6.45) is 3.50. The number of amides is 1. The van der Waals surface area contributed by atoms with Crippen LogP contribution in [0, 0.1) is 5.41 Å². The van der Waals surface area contributed by atoms with Crippen LogP contribution in [0.1, 0.15) is 32.6 Å². The van der Waals surface area contributed by atoms with E-state index in [4.69, 9.17) is 4.74 Å². The highest BCUT2D eigenvalue weighted by atomic mass is 79.9. The van der Waals surface area contributed by atoms with E-state index in [1.807, 2.05) is 24.3 Å². The van der Waals surface area contributed by atoms with Gasteiger partial charge >= 0.3 is 0 Å². The summed E-state index contributed by atoms with van der Waals surface area (Å²) in [5.74, 6) is 0.953. The van der Waals surface area contributed by atoms with Gasteiger partial charge < -0.3 is 15.4 Å². The Morgan fingerprint density at radius 2 is 2.13 bits per heavy atom. The minimum absolute atomic E-state index is 0. The number of carbonyl (C=O) groups excluding carboxylic acids is 1. The quantitative estimate of drug-likeness (QED) is 0.682. The fraction of sp³-hybridized carbons (Fsp3) is 0.588. The molecular formula is C17H26BrClN2O2. The van der Waals surface area contributed by atoms with E-state index >= 15 is 0 Å². The Labute approximate surface area is 153 Å². The molecule has 0 radical (unpaired) electrons. The van der Waals surface area contributed by atoms with E-state index in [0.29, 0.717) is 13.0 Å². The van der Waals surface area contributed by atoms with Gasteiger partial charge in [-0.3, -0.25) is 4.79 Å². The largest absolute Gasteiger partial charge is 0.494 e. The van der Waals surface area contributed by atoms with Crippen molar-refractivity contribution in [3.63, 3.8) is 0 Å². The molecular weight excluding hydrogens is 380 g/mol. The Morgan fingerprint density at radius 1 is 1.39 bits per heavy atom. The second-order valence-corrected chi connectivity index (χ2v) is 7.16. The lowest BCUT2D eigenvalue weighted by molar-refractivity contribution is -0.121. The first-order valence-corrected chi connectivity index (χ1v) is 8.73. The summed E-state index contributed by atoms with van der Waals surface area (Å²) in [6, 6.07) is 7.74.